The van der Waals surface area contributed by atoms with Crippen molar-refractivity contribution in [3.8, 4) is 17.2 Å². The number of fused-ring (bicyclic) bond motifs is 1. The zero-order chi connectivity index (χ0) is 27.4. The molecule has 2 aliphatic heterocycles. The summed E-state index contributed by atoms with van der Waals surface area (Å²) < 4.78 is 17.5. The predicted molar refractivity (Wildman–Crippen MR) is 146 cm³/mol. The molecule has 2 aromatic rings. The number of carbonyl (C=O) groups excluding carboxylic acids is 2. The summed E-state index contributed by atoms with van der Waals surface area (Å²) in [6.45, 7) is 8.02. The number of benzene rings is 2. The van der Waals surface area contributed by atoms with Crippen molar-refractivity contribution < 1.29 is 28.9 Å². The Morgan fingerprint density at radius 1 is 1.11 bits per heavy atom. The summed E-state index contributed by atoms with van der Waals surface area (Å²) in [4.78, 5) is 30.3. The molecule has 0 bridgehead atoms. The monoisotopic (exact) mass is 522 g/mol. The molecule has 2 aliphatic rings. The second-order valence-electron chi connectivity index (χ2n) is 10.1. The van der Waals surface area contributed by atoms with Crippen LogP contribution in [0.5, 0.6) is 17.2 Å². The summed E-state index contributed by atoms with van der Waals surface area (Å²) in [6.07, 6.45) is 2.30. The van der Waals surface area contributed by atoms with Crippen LogP contribution in [0.4, 0.5) is 0 Å². The van der Waals surface area contributed by atoms with Crippen LogP contribution >= 0.6 is 0 Å². The highest BCUT2D eigenvalue weighted by Gasteiger charge is 2.46. The number of hydrogen-bond donors (Lipinski definition) is 1. The lowest BCUT2D eigenvalue weighted by atomic mass is 9.94. The van der Waals surface area contributed by atoms with Crippen molar-refractivity contribution in [1.29, 1.82) is 0 Å². The number of aliphatic hydroxyl groups is 1. The van der Waals surface area contributed by atoms with Gasteiger partial charge in [-0.2, -0.15) is 0 Å². The number of amides is 1. The zero-order valence-electron chi connectivity index (χ0n) is 23.0. The topological polar surface area (TPSA) is 88.5 Å². The number of likely N-dealkylation sites (tertiary alicyclic amines) is 1. The highest BCUT2D eigenvalue weighted by Crippen LogP contribution is 2.43. The first-order valence-electron chi connectivity index (χ1n) is 13.4. The second kappa shape index (κ2) is 11.9. The third kappa shape index (κ3) is 5.65. The van der Waals surface area contributed by atoms with Crippen molar-refractivity contribution >= 4 is 17.4 Å². The van der Waals surface area contributed by atoms with E-state index in [1.807, 2.05) is 70.1 Å². The molecule has 2 atom stereocenters. The van der Waals surface area contributed by atoms with Gasteiger partial charge in [-0.05, 0) is 88.8 Å². The molecule has 0 spiro atoms. The minimum atomic E-state index is -0.750. The molecule has 1 fully saturated rings. The molecule has 0 radical (unpaired) electrons. The van der Waals surface area contributed by atoms with Crippen LogP contribution < -0.4 is 14.2 Å². The maximum absolute atomic E-state index is 13.4. The lowest BCUT2D eigenvalue weighted by molar-refractivity contribution is -0.139. The summed E-state index contributed by atoms with van der Waals surface area (Å²) in [5.74, 6) is 0.439. The van der Waals surface area contributed by atoms with E-state index < -0.39 is 17.7 Å². The van der Waals surface area contributed by atoms with Gasteiger partial charge in [0.25, 0.3) is 11.7 Å². The number of ketones is 1. The Labute approximate surface area is 224 Å². The molecule has 38 heavy (non-hydrogen) atoms. The fourth-order valence-electron chi connectivity index (χ4n) is 5.03. The van der Waals surface area contributed by atoms with Crippen LogP contribution in [0.2, 0.25) is 0 Å². The lowest BCUT2D eigenvalue weighted by Crippen LogP contribution is -2.32. The molecule has 0 aromatic heterocycles. The predicted octanol–water partition coefficient (Wildman–Crippen LogP) is 4.57. The quantitative estimate of drug-likeness (QED) is 0.263. The highest BCUT2D eigenvalue weighted by atomic mass is 16.5. The van der Waals surface area contributed by atoms with E-state index in [1.54, 1.807) is 11.0 Å². The molecular formula is C30H38N2O6. The maximum atomic E-state index is 13.4. The first-order chi connectivity index (χ1) is 18.2. The Bertz CT molecular complexity index is 1220. The zero-order valence-corrected chi connectivity index (χ0v) is 23.0. The normalized spacial score (nSPS) is 20.1. The number of nitrogens with zero attached hydrogens (tertiary/aromatic N) is 2. The summed E-state index contributed by atoms with van der Waals surface area (Å²) in [6, 6.07) is 10.1. The van der Waals surface area contributed by atoms with Gasteiger partial charge in [-0.1, -0.05) is 13.0 Å². The molecule has 0 saturated carbocycles. The van der Waals surface area contributed by atoms with Crippen LogP contribution in [0.3, 0.4) is 0 Å². The van der Waals surface area contributed by atoms with E-state index in [9.17, 15) is 14.7 Å². The molecule has 1 amide bonds. The van der Waals surface area contributed by atoms with Gasteiger partial charge in [0.2, 0.25) is 0 Å². The van der Waals surface area contributed by atoms with Gasteiger partial charge in [-0.3, -0.25) is 9.59 Å². The van der Waals surface area contributed by atoms with Crippen molar-refractivity contribution in [2.24, 2.45) is 0 Å². The molecule has 1 N–H and O–H groups in total. The van der Waals surface area contributed by atoms with E-state index in [0.717, 1.165) is 30.7 Å². The van der Waals surface area contributed by atoms with Crippen molar-refractivity contribution in [2.75, 3.05) is 40.4 Å². The Hall–Kier alpha value is -3.52. The average Bonchev–Trinajstić information content (AvgIpc) is 3.38. The van der Waals surface area contributed by atoms with Crippen molar-refractivity contribution in [2.45, 2.75) is 52.2 Å². The fraction of sp³-hybridized carbons (Fsp3) is 0.467. The fourth-order valence-corrected chi connectivity index (χ4v) is 5.03. The van der Waals surface area contributed by atoms with Crippen LogP contribution in [-0.4, -0.2) is 73.1 Å². The number of aliphatic hydroxyl groups excluding tert-OH is 1. The van der Waals surface area contributed by atoms with Gasteiger partial charge < -0.3 is 29.1 Å². The molecule has 2 heterocycles. The molecule has 0 aliphatic carbocycles. The van der Waals surface area contributed by atoms with Gasteiger partial charge in [0.1, 0.15) is 17.6 Å². The van der Waals surface area contributed by atoms with E-state index in [0.29, 0.717) is 48.8 Å². The van der Waals surface area contributed by atoms with Gasteiger partial charge in [0.05, 0.1) is 24.8 Å². The van der Waals surface area contributed by atoms with Crippen LogP contribution in [-0.2, 0) is 16.0 Å². The largest absolute Gasteiger partial charge is 0.507 e. The van der Waals surface area contributed by atoms with E-state index in [-0.39, 0.29) is 17.4 Å². The molecule has 2 unspecified atom stereocenters. The Balaban J connectivity index is 1.80. The second-order valence-corrected chi connectivity index (χ2v) is 10.1. The molecule has 1 saturated heterocycles. The Morgan fingerprint density at radius 3 is 2.61 bits per heavy atom. The SMILES string of the molecule is CCCOc1ccc(C2/C(=C(/O)c3ccc4c(c3)CC(C)O4)C(=O)C(=O)N2CCCN(C)C)cc1OCC. The van der Waals surface area contributed by atoms with Crippen molar-refractivity contribution in [1.82, 2.24) is 9.80 Å². The van der Waals surface area contributed by atoms with Crippen LogP contribution in [0, 0.1) is 0 Å². The maximum Gasteiger partial charge on any atom is 0.295 e. The summed E-state index contributed by atoms with van der Waals surface area (Å²) in [5, 5.41) is 11.5. The molecule has 2 aromatic carbocycles. The Morgan fingerprint density at radius 2 is 1.89 bits per heavy atom. The first kappa shape index (κ1) is 27.5. The third-order valence-corrected chi connectivity index (χ3v) is 6.76. The standard InChI is InChI=1S/C30H38N2O6/c1-6-15-37-24-12-9-20(18-25(24)36-7-2)27-26(29(34)30(35)32(27)14-8-13-31(4)5)28(33)21-10-11-23-22(17-21)16-19(3)38-23/h9-12,17-19,27,33H,6-8,13-16H2,1-5H3/b28-26-. The molecule has 8 heteroatoms. The number of ether oxygens (including phenoxy) is 3. The summed E-state index contributed by atoms with van der Waals surface area (Å²) >= 11 is 0. The summed E-state index contributed by atoms with van der Waals surface area (Å²) in [7, 11) is 3.93. The van der Waals surface area contributed by atoms with Crippen molar-refractivity contribution in [3.05, 3.63) is 58.7 Å². The molecular weight excluding hydrogens is 484 g/mol. The van der Waals surface area contributed by atoms with E-state index in [2.05, 4.69) is 0 Å². The van der Waals surface area contributed by atoms with Crippen LogP contribution in [0.25, 0.3) is 5.76 Å². The van der Waals surface area contributed by atoms with Gasteiger partial charge >= 0.3 is 0 Å². The molecule has 204 valence electrons. The van der Waals surface area contributed by atoms with Gasteiger partial charge in [-0.25, -0.2) is 0 Å². The number of hydrogen-bond acceptors (Lipinski definition) is 7. The lowest BCUT2D eigenvalue weighted by Gasteiger charge is -2.26. The minimum absolute atomic E-state index is 0.0510. The minimum Gasteiger partial charge on any atom is -0.507 e. The third-order valence-electron chi connectivity index (χ3n) is 6.76. The van der Waals surface area contributed by atoms with E-state index in [1.165, 1.54) is 0 Å². The smallest absolute Gasteiger partial charge is 0.295 e. The Kier molecular flexibility index (Phi) is 8.62. The van der Waals surface area contributed by atoms with E-state index in [4.69, 9.17) is 14.2 Å². The van der Waals surface area contributed by atoms with Gasteiger partial charge in [0, 0.05) is 18.5 Å². The first-order valence-corrected chi connectivity index (χ1v) is 13.4. The van der Waals surface area contributed by atoms with Crippen molar-refractivity contribution in [3.63, 3.8) is 0 Å². The molecule has 8 nitrogen and oxygen atoms in total. The van der Waals surface area contributed by atoms with Gasteiger partial charge in [-0.15, -0.1) is 0 Å². The average molecular weight is 523 g/mol. The van der Waals surface area contributed by atoms with Crippen LogP contribution in [0.1, 0.15) is 56.3 Å². The van der Waals surface area contributed by atoms with E-state index >= 15 is 0 Å². The highest BCUT2D eigenvalue weighted by molar-refractivity contribution is 6.46. The van der Waals surface area contributed by atoms with Crippen LogP contribution in [0.15, 0.2) is 42.0 Å². The number of rotatable bonds is 11. The molecule has 4 rings (SSSR count). The number of Topliss-reactive ketones (excluding diaryl/α,β-unsaturated/α-hetero) is 1. The van der Waals surface area contributed by atoms with Gasteiger partial charge in [0.15, 0.2) is 11.5 Å². The summed E-state index contributed by atoms with van der Waals surface area (Å²) in [5.41, 5.74) is 2.22. The number of carbonyl (C=O) groups is 2.